The van der Waals surface area contributed by atoms with Crippen LogP contribution in [-0.2, 0) is 0 Å². The Morgan fingerprint density at radius 1 is 1.33 bits per heavy atom. The van der Waals surface area contributed by atoms with Crippen LogP contribution in [0.3, 0.4) is 0 Å². The summed E-state index contributed by atoms with van der Waals surface area (Å²) in [4.78, 5) is 0. The smallest absolute Gasteiger partial charge is 0.215 e. The molecule has 0 atom stereocenters. The fourth-order valence-corrected chi connectivity index (χ4v) is 17.3. The second kappa shape index (κ2) is 4.59. The topological polar surface area (TPSA) is 39.4 Å². The van der Waals surface area contributed by atoms with Crippen molar-refractivity contribution < 1.29 is 0 Å². The Balaban J connectivity index is 2.79. The SMILES string of the molecule is C[Si]1(C)CC[Si](C)(C)N1S/N=C(\Cl)C#N. The van der Waals surface area contributed by atoms with Crippen LogP contribution in [0, 0.1) is 11.3 Å². The molecule has 0 aromatic carbocycles. The highest BCUT2D eigenvalue weighted by molar-refractivity contribution is 7.98. The van der Waals surface area contributed by atoms with Crippen molar-refractivity contribution in [2.24, 2.45) is 4.40 Å². The van der Waals surface area contributed by atoms with Gasteiger partial charge in [0.25, 0.3) is 0 Å². The van der Waals surface area contributed by atoms with Gasteiger partial charge in [-0.15, -0.1) is 0 Å². The normalized spacial score (nSPS) is 25.2. The Bertz CT molecular complexity index is 308. The molecule has 1 saturated heterocycles. The summed E-state index contributed by atoms with van der Waals surface area (Å²) in [5.41, 5.74) is 0. The molecule has 3 nitrogen and oxygen atoms in total. The van der Waals surface area contributed by atoms with E-state index in [2.05, 4.69) is 34.2 Å². The van der Waals surface area contributed by atoms with Gasteiger partial charge < -0.3 is 0 Å². The molecule has 1 rings (SSSR count). The minimum Gasteiger partial charge on any atom is -0.274 e. The molecule has 1 aliphatic rings. The van der Waals surface area contributed by atoms with Crippen molar-refractivity contribution in [1.29, 1.82) is 5.26 Å². The van der Waals surface area contributed by atoms with Gasteiger partial charge in [0, 0.05) is 12.1 Å². The quantitative estimate of drug-likeness (QED) is 0.441. The molecule has 0 N–H and O–H groups in total. The lowest BCUT2D eigenvalue weighted by molar-refractivity contribution is 1.03. The predicted molar refractivity (Wildman–Crippen MR) is 72.9 cm³/mol. The van der Waals surface area contributed by atoms with Crippen LogP contribution >= 0.6 is 23.7 Å². The van der Waals surface area contributed by atoms with E-state index in [0.717, 1.165) is 0 Å². The van der Waals surface area contributed by atoms with E-state index in [1.807, 2.05) is 6.07 Å². The molecule has 0 spiro atoms. The molecule has 0 aromatic rings. The third kappa shape index (κ3) is 3.08. The highest BCUT2D eigenvalue weighted by Gasteiger charge is 2.48. The zero-order chi connectivity index (χ0) is 11.7. The number of rotatable bonds is 2. The second-order valence-corrected chi connectivity index (χ2v) is 16.3. The molecule has 1 heterocycles. The van der Waals surface area contributed by atoms with E-state index in [1.165, 1.54) is 24.2 Å². The van der Waals surface area contributed by atoms with Crippen molar-refractivity contribution in [3.05, 3.63) is 0 Å². The Kier molecular flexibility index (Phi) is 4.06. The van der Waals surface area contributed by atoms with Crippen molar-refractivity contribution in [3.8, 4) is 6.07 Å². The number of nitriles is 1. The summed E-state index contributed by atoms with van der Waals surface area (Å²) in [6.45, 7) is 9.43. The van der Waals surface area contributed by atoms with Gasteiger partial charge in [0.1, 0.15) is 22.5 Å². The van der Waals surface area contributed by atoms with Gasteiger partial charge in [-0.25, -0.2) is 0 Å². The third-order valence-corrected chi connectivity index (χ3v) is 16.2. The molecule has 0 aliphatic carbocycles. The van der Waals surface area contributed by atoms with Gasteiger partial charge in [0.05, 0.1) is 0 Å². The van der Waals surface area contributed by atoms with E-state index in [1.54, 1.807) is 0 Å². The molecule has 0 amide bonds. The molecule has 1 fully saturated rings. The fraction of sp³-hybridized carbons (Fsp3) is 0.750. The van der Waals surface area contributed by atoms with E-state index >= 15 is 0 Å². The molecule has 7 heteroatoms. The first-order valence-electron chi connectivity index (χ1n) is 4.91. The van der Waals surface area contributed by atoms with Crippen LogP contribution in [-0.4, -0.2) is 25.3 Å². The Hall–Kier alpha value is 0.194. The number of halogens is 1. The van der Waals surface area contributed by atoms with Gasteiger partial charge in [-0.1, -0.05) is 26.2 Å². The fourth-order valence-electron chi connectivity index (χ4n) is 1.95. The molecule has 0 saturated carbocycles. The Labute approximate surface area is 103 Å². The zero-order valence-corrected chi connectivity index (χ0v) is 13.1. The Morgan fingerprint density at radius 3 is 2.20 bits per heavy atom. The van der Waals surface area contributed by atoms with Crippen LogP contribution in [0.25, 0.3) is 0 Å². The van der Waals surface area contributed by atoms with E-state index in [4.69, 9.17) is 16.9 Å². The van der Waals surface area contributed by atoms with Gasteiger partial charge in [-0.05, 0) is 23.7 Å². The first-order valence-corrected chi connectivity index (χ1v) is 12.3. The average molecular weight is 278 g/mol. The van der Waals surface area contributed by atoms with E-state index in [0.29, 0.717) is 0 Å². The molecule has 84 valence electrons. The van der Waals surface area contributed by atoms with Crippen LogP contribution in [0.15, 0.2) is 4.40 Å². The van der Waals surface area contributed by atoms with E-state index < -0.39 is 16.5 Å². The highest BCUT2D eigenvalue weighted by Crippen LogP contribution is 2.42. The lowest BCUT2D eigenvalue weighted by atomic mass is 10.9. The molecule has 0 unspecified atom stereocenters. The van der Waals surface area contributed by atoms with Crippen LogP contribution in [0.1, 0.15) is 0 Å². The van der Waals surface area contributed by atoms with Crippen LogP contribution in [0.4, 0.5) is 0 Å². The standard InChI is InChI=1S/C8H16ClN3SSi2/c1-14(2)5-6-15(3,4)12(14)13-11-8(9)7-10/h5-6H2,1-4H3/b11-8-. The van der Waals surface area contributed by atoms with E-state index in [9.17, 15) is 0 Å². The van der Waals surface area contributed by atoms with Gasteiger partial charge in [0.15, 0.2) is 0 Å². The van der Waals surface area contributed by atoms with Crippen molar-refractivity contribution >= 4 is 45.4 Å². The van der Waals surface area contributed by atoms with Gasteiger partial charge in [-0.3, -0.25) is 3.64 Å². The lowest BCUT2D eigenvalue weighted by Crippen LogP contribution is -2.49. The summed E-state index contributed by atoms with van der Waals surface area (Å²) in [6, 6.07) is 4.51. The number of nitrogens with zero attached hydrogens (tertiary/aromatic N) is 3. The van der Waals surface area contributed by atoms with E-state index in [-0.39, 0.29) is 5.17 Å². The average Bonchev–Trinajstić information content (AvgIpc) is 2.34. The summed E-state index contributed by atoms with van der Waals surface area (Å²) in [7, 11) is -2.60. The summed E-state index contributed by atoms with van der Waals surface area (Å²) >= 11 is 7.02. The van der Waals surface area contributed by atoms with Gasteiger partial charge in [-0.2, -0.15) is 9.66 Å². The molecule has 15 heavy (non-hydrogen) atoms. The largest absolute Gasteiger partial charge is 0.274 e. The van der Waals surface area contributed by atoms with Crippen molar-refractivity contribution in [2.45, 2.75) is 38.3 Å². The third-order valence-electron chi connectivity index (χ3n) is 2.74. The molecule has 0 bridgehead atoms. The highest BCUT2D eigenvalue weighted by atomic mass is 35.5. The lowest BCUT2D eigenvalue weighted by Gasteiger charge is -2.35. The first kappa shape index (κ1) is 13.3. The molecular weight excluding hydrogens is 262 g/mol. The maximum atomic E-state index is 8.55. The maximum absolute atomic E-state index is 8.55. The van der Waals surface area contributed by atoms with Gasteiger partial charge >= 0.3 is 0 Å². The van der Waals surface area contributed by atoms with Crippen molar-refractivity contribution in [1.82, 2.24) is 3.64 Å². The monoisotopic (exact) mass is 277 g/mol. The van der Waals surface area contributed by atoms with Gasteiger partial charge in [0.2, 0.25) is 5.17 Å². The first-order chi connectivity index (χ1) is 6.79. The number of hydrogen-bond acceptors (Lipinski definition) is 4. The molecule has 1 aliphatic heterocycles. The minimum atomic E-state index is -1.30. The van der Waals surface area contributed by atoms with Crippen LogP contribution in [0.2, 0.25) is 38.3 Å². The maximum Gasteiger partial charge on any atom is 0.215 e. The van der Waals surface area contributed by atoms with Crippen molar-refractivity contribution in [2.75, 3.05) is 0 Å². The van der Waals surface area contributed by atoms with Crippen LogP contribution < -0.4 is 0 Å². The number of hydrogen-bond donors (Lipinski definition) is 0. The summed E-state index contributed by atoms with van der Waals surface area (Å²) in [5, 5.41) is 8.59. The van der Waals surface area contributed by atoms with Crippen molar-refractivity contribution in [3.63, 3.8) is 0 Å². The van der Waals surface area contributed by atoms with Crippen LogP contribution in [0.5, 0.6) is 0 Å². The molecule has 0 radical (unpaired) electrons. The predicted octanol–water partition coefficient (Wildman–Crippen LogP) is 3.44. The summed E-state index contributed by atoms with van der Waals surface area (Å²) in [6.07, 6.45) is 0. The Morgan fingerprint density at radius 2 is 1.80 bits per heavy atom. The second-order valence-electron chi connectivity index (χ2n) is 4.99. The molecular formula is C8H16ClN3SSi2. The summed E-state index contributed by atoms with van der Waals surface area (Å²) < 4.78 is 6.55. The minimum absolute atomic E-state index is 0.0431. The zero-order valence-electron chi connectivity index (χ0n) is 9.54. The molecule has 0 aromatic heterocycles. The summed E-state index contributed by atoms with van der Waals surface area (Å²) in [5.74, 6) is 0.